The summed E-state index contributed by atoms with van der Waals surface area (Å²) in [5, 5.41) is 5.72. The molecule has 0 bridgehead atoms. The number of hydrogen-bond donors (Lipinski definition) is 2. The Morgan fingerprint density at radius 1 is 0.960 bits per heavy atom. The number of ether oxygens (including phenoxy) is 1. The predicted octanol–water partition coefficient (Wildman–Crippen LogP) is 3.67. The zero-order chi connectivity index (χ0) is 18.0. The molecule has 0 aromatic heterocycles. The van der Waals surface area contributed by atoms with E-state index in [0.717, 1.165) is 11.1 Å². The number of anilines is 2. The van der Waals surface area contributed by atoms with Crippen molar-refractivity contribution in [1.82, 2.24) is 0 Å². The van der Waals surface area contributed by atoms with Gasteiger partial charge in [0.2, 0.25) is 11.8 Å². The van der Waals surface area contributed by atoms with Crippen molar-refractivity contribution in [2.75, 3.05) is 17.7 Å². The fourth-order valence-electron chi connectivity index (χ4n) is 2.82. The maximum Gasteiger partial charge on any atom is 0.240 e. The Labute approximate surface area is 147 Å². The van der Waals surface area contributed by atoms with Gasteiger partial charge in [-0.05, 0) is 62.1 Å². The number of carbonyl (C=O) groups excluding carboxylic acids is 2. The molecule has 0 radical (unpaired) electrons. The lowest BCUT2D eigenvalue weighted by atomic mass is 10.0. The average molecular weight is 338 g/mol. The minimum atomic E-state index is -1.00. The Balaban J connectivity index is 1.75. The van der Waals surface area contributed by atoms with E-state index < -0.39 is 5.41 Å². The first-order valence-corrected chi connectivity index (χ1v) is 8.29. The lowest BCUT2D eigenvalue weighted by molar-refractivity contribution is -0.131. The quantitative estimate of drug-likeness (QED) is 0.818. The third-order valence-electron chi connectivity index (χ3n) is 4.50. The average Bonchev–Trinajstić information content (AvgIpc) is 3.37. The normalized spacial score (nSPS) is 14.5. The van der Waals surface area contributed by atoms with Gasteiger partial charge in [0, 0.05) is 5.69 Å². The van der Waals surface area contributed by atoms with Gasteiger partial charge in [-0.1, -0.05) is 18.2 Å². The van der Waals surface area contributed by atoms with E-state index >= 15 is 0 Å². The van der Waals surface area contributed by atoms with E-state index in [4.69, 9.17) is 4.74 Å². The Morgan fingerprint density at radius 3 is 2.28 bits per heavy atom. The van der Waals surface area contributed by atoms with Crippen molar-refractivity contribution in [3.63, 3.8) is 0 Å². The molecule has 0 heterocycles. The molecule has 130 valence electrons. The van der Waals surface area contributed by atoms with Crippen LogP contribution in [0.1, 0.15) is 24.0 Å². The Morgan fingerprint density at radius 2 is 1.64 bits per heavy atom. The van der Waals surface area contributed by atoms with Crippen molar-refractivity contribution in [2.45, 2.75) is 26.7 Å². The van der Waals surface area contributed by atoms with Crippen LogP contribution in [0.4, 0.5) is 11.4 Å². The highest BCUT2D eigenvalue weighted by molar-refractivity contribution is 6.17. The van der Waals surface area contributed by atoms with Crippen molar-refractivity contribution >= 4 is 23.2 Å². The fourth-order valence-corrected chi connectivity index (χ4v) is 2.82. The van der Waals surface area contributed by atoms with Crippen LogP contribution in [0.2, 0.25) is 0 Å². The molecule has 5 nitrogen and oxygen atoms in total. The second kappa shape index (κ2) is 6.59. The van der Waals surface area contributed by atoms with Crippen molar-refractivity contribution in [3.8, 4) is 5.75 Å². The van der Waals surface area contributed by atoms with Crippen LogP contribution < -0.4 is 15.4 Å². The molecule has 2 aromatic carbocycles. The number of aryl methyl sites for hydroxylation is 2. The zero-order valence-corrected chi connectivity index (χ0v) is 14.7. The number of nitrogens with one attached hydrogen (secondary N) is 2. The highest BCUT2D eigenvalue weighted by atomic mass is 16.5. The lowest BCUT2D eigenvalue weighted by Crippen LogP contribution is -2.35. The van der Waals surface area contributed by atoms with Crippen LogP contribution in [0.25, 0.3) is 0 Å². The third kappa shape index (κ3) is 3.50. The molecule has 25 heavy (non-hydrogen) atoms. The second-order valence-corrected chi connectivity index (χ2v) is 6.56. The Kier molecular flexibility index (Phi) is 4.49. The largest absolute Gasteiger partial charge is 0.495 e. The van der Waals surface area contributed by atoms with Crippen LogP contribution in [-0.4, -0.2) is 18.9 Å². The molecule has 1 aliphatic carbocycles. The molecule has 0 spiro atoms. The summed E-state index contributed by atoms with van der Waals surface area (Å²) in [7, 11) is 1.55. The summed E-state index contributed by atoms with van der Waals surface area (Å²) >= 11 is 0. The van der Waals surface area contributed by atoms with E-state index in [9.17, 15) is 9.59 Å². The van der Waals surface area contributed by atoms with E-state index in [1.54, 1.807) is 13.2 Å². The molecule has 2 aromatic rings. The minimum absolute atomic E-state index is 0.262. The van der Waals surface area contributed by atoms with Gasteiger partial charge >= 0.3 is 0 Å². The first-order chi connectivity index (χ1) is 11.9. The van der Waals surface area contributed by atoms with Crippen LogP contribution in [-0.2, 0) is 9.59 Å². The molecule has 3 rings (SSSR count). The fraction of sp³-hybridized carbons (Fsp3) is 0.300. The number of rotatable bonds is 5. The van der Waals surface area contributed by atoms with Crippen LogP contribution in [0.3, 0.4) is 0 Å². The van der Waals surface area contributed by atoms with Gasteiger partial charge in [0.15, 0.2) is 0 Å². The van der Waals surface area contributed by atoms with Gasteiger partial charge in [0.1, 0.15) is 11.2 Å². The summed E-state index contributed by atoms with van der Waals surface area (Å²) in [6.45, 7) is 3.89. The molecular weight excluding hydrogens is 316 g/mol. The molecule has 5 heteroatoms. The summed E-state index contributed by atoms with van der Waals surface area (Å²) in [6.07, 6.45) is 1.09. The molecule has 1 saturated carbocycles. The van der Waals surface area contributed by atoms with Gasteiger partial charge < -0.3 is 15.4 Å². The van der Waals surface area contributed by atoms with E-state index in [0.29, 0.717) is 30.0 Å². The third-order valence-corrected chi connectivity index (χ3v) is 4.50. The van der Waals surface area contributed by atoms with Crippen LogP contribution in [0.15, 0.2) is 42.5 Å². The van der Waals surface area contributed by atoms with Crippen LogP contribution in [0.5, 0.6) is 5.75 Å². The predicted molar refractivity (Wildman–Crippen MR) is 97.8 cm³/mol. The maximum absolute atomic E-state index is 12.7. The van der Waals surface area contributed by atoms with Gasteiger partial charge in [-0.25, -0.2) is 0 Å². The van der Waals surface area contributed by atoms with E-state index in [2.05, 4.69) is 10.6 Å². The van der Waals surface area contributed by atoms with Crippen molar-refractivity contribution in [2.24, 2.45) is 5.41 Å². The summed E-state index contributed by atoms with van der Waals surface area (Å²) in [5.41, 5.74) is 2.35. The summed E-state index contributed by atoms with van der Waals surface area (Å²) in [6, 6.07) is 13.1. The number of carbonyl (C=O) groups is 2. The van der Waals surface area contributed by atoms with Crippen molar-refractivity contribution in [3.05, 3.63) is 53.6 Å². The van der Waals surface area contributed by atoms with Crippen molar-refractivity contribution < 1.29 is 14.3 Å². The maximum atomic E-state index is 12.7. The minimum Gasteiger partial charge on any atom is -0.495 e. The second-order valence-electron chi connectivity index (χ2n) is 6.56. The van der Waals surface area contributed by atoms with Gasteiger partial charge in [0.05, 0.1) is 12.8 Å². The molecule has 2 amide bonds. The topological polar surface area (TPSA) is 67.4 Å². The number of benzene rings is 2. The molecule has 0 unspecified atom stereocenters. The van der Waals surface area contributed by atoms with E-state index in [-0.39, 0.29) is 11.8 Å². The SMILES string of the molecule is COc1ccc(C)cc1NC(=O)C1(C(=O)Nc2cccc(C)c2)CC1. The molecule has 1 fully saturated rings. The Bertz CT molecular complexity index is 825. The summed E-state index contributed by atoms with van der Waals surface area (Å²) in [4.78, 5) is 25.4. The van der Waals surface area contributed by atoms with Gasteiger partial charge in [-0.3, -0.25) is 9.59 Å². The summed E-state index contributed by atoms with van der Waals surface area (Å²) in [5.74, 6) is 0.0256. The van der Waals surface area contributed by atoms with Gasteiger partial charge in [-0.15, -0.1) is 0 Å². The molecule has 2 N–H and O–H groups in total. The molecule has 1 aliphatic rings. The first-order valence-electron chi connectivity index (χ1n) is 8.29. The molecule has 0 aliphatic heterocycles. The van der Waals surface area contributed by atoms with E-state index in [1.165, 1.54) is 0 Å². The van der Waals surface area contributed by atoms with Crippen LogP contribution in [0, 0.1) is 19.3 Å². The highest BCUT2D eigenvalue weighted by Crippen LogP contribution is 2.48. The monoisotopic (exact) mass is 338 g/mol. The van der Waals surface area contributed by atoms with Gasteiger partial charge in [0.25, 0.3) is 0 Å². The van der Waals surface area contributed by atoms with Gasteiger partial charge in [-0.2, -0.15) is 0 Å². The van der Waals surface area contributed by atoms with Crippen LogP contribution >= 0.6 is 0 Å². The Hall–Kier alpha value is -2.82. The molecule has 0 saturated heterocycles. The zero-order valence-electron chi connectivity index (χ0n) is 14.7. The number of hydrogen-bond acceptors (Lipinski definition) is 3. The van der Waals surface area contributed by atoms with Crippen molar-refractivity contribution in [1.29, 1.82) is 0 Å². The smallest absolute Gasteiger partial charge is 0.240 e. The number of amides is 2. The summed E-state index contributed by atoms with van der Waals surface area (Å²) < 4.78 is 5.29. The lowest BCUT2D eigenvalue weighted by Gasteiger charge is -2.17. The highest BCUT2D eigenvalue weighted by Gasteiger charge is 2.56. The standard InChI is InChI=1S/C20H22N2O3/c1-13-5-4-6-15(11-13)21-18(23)20(9-10-20)19(24)22-16-12-14(2)7-8-17(16)25-3/h4-8,11-12H,9-10H2,1-3H3,(H,21,23)(H,22,24). The first kappa shape index (κ1) is 17.0. The van der Waals surface area contributed by atoms with E-state index in [1.807, 2.05) is 50.2 Å². The molecule has 0 atom stereocenters. The molecular formula is C20H22N2O3. The number of methoxy groups -OCH3 is 1.